The van der Waals surface area contributed by atoms with Crippen LogP contribution in [0.1, 0.15) is 48.0 Å². The second-order valence-electron chi connectivity index (χ2n) is 1.53. The molecule has 0 aliphatic heterocycles. The molecule has 0 amide bonds. The summed E-state index contributed by atoms with van der Waals surface area (Å²) < 4.78 is 0. The minimum absolute atomic E-state index is 0.233. The van der Waals surface area contributed by atoms with Gasteiger partial charge in [0.1, 0.15) is 0 Å². The summed E-state index contributed by atoms with van der Waals surface area (Å²) in [5.41, 5.74) is 0. The molecule has 0 unspecified atom stereocenters. The molecular weight excluding hydrogens is 150 g/mol. The highest BCUT2D eigenvalue weighted by Gasteiger charge is 1.65. The van der Waals surface area contributed by atoms with Gasteiger partial charge in [-0.25, -0.2) is 0 Å². The van der Waals surface area contributed by atoms with E-state index in [1.807, 2.05) is 27.7 Å². The lowest BCUT2D eigenvalue weighted by Gasteiger charge is -1.84. The minimum atomic E-state index is 0.233. The zero-order valence-electron chi connectivity index (χ0n) is 10.1. The first-order valence-electron chi connectivity index (χ1n) is 5.08. The van der Waals surface area contributed by atoms with E-state index < -0.39 is 0 Å². The molecule has 0 bridgehead atoms. The largest absolute Gasteiger partial charge is 0.395 e. The molecule has 0 saturated heterocycles. The summed E-state index contributed by atoms with van der Waals surface area (Å²) in [4.78, 5) is 0. The van der Waals surface area contributed by atoms with Crippen LogP contribution in [-0.4, -0.2) is 25.3 Å². The summed E-state index contributed by atoms with van der Waals surface area (Å²) in [5, 5.41) is 10.8. The van der Waals surface area contributed by atoms with Crippen LogP contribution in [0.3, 0.4) is 0 Å². The van der Waals surface area contributed by atoms with Crippen molar-refractivity contribution in [1.82, 2.24) is 5.32 Å². The van der Waals surface area contributed by atoms with Crippen LogP contribution < -0.4 is 5.32 Å². The lowest BCUT2D eigenvalue weighted by Crippen LogP contribution is -2.10. The van der Waals surface area contributed by atoms with Gasteiger partial charge in [0, 0.05) is 6.54 Å². The molecule has 0 heterocycles. The average molecular weight is 179 g/mol. The summed E-state index contributed by atoms with van der Waals surface area (Å²) in [6, 6.07) is 0. The van der Waals surface area contributed by atoms with Crippen molar-refractivity contribution in [3.8, 4) is 0 Å². The molecule has 0 aromatic carbocycles. The van der Waals surface area contributed by atoms with Gasteiger partial charge in [0.15, 0.2) is 0 Å². The Hall–Kier alpha value is -0.0800. The Bertz CT molecular complexity index is 23.8. The lowest BCUT2D eigenvalue weighted by molar-refractivity contribution is 0.296. The normalized spacial score (nSPS) is 6.00. The van der Waals surface area contributed by atoms with Crippen molar-refractivity contribution in [2.75, 3.05) is 20.2 Å². The van der Waals surface area contributed by atoms with Crippen LogP contribution >= 0.6 is 0 Å². The molecule has 0 aromatic rings. The van der Waals surface area contributed by atoms with Gasteiger partial charge in [0.05, 0.1) is 6.61 Å². The van der Waals surface area contributed by atoms with Gasteiger partial charge in [-0.3, -0.25) is 0 Å². The summed E-state index contributed by atoms with van der Waals surface area (Å²) in [6.07, 6.45) is 1.25. The SMILES string of the molecule is CC.CC.CCC.CNCCO. The van der Waals surface area contributed by atoms with Gasteiger partial charge < -0.3 is 10.4 Å². The number of aliphatic hydroxyl groups excluding tert-OH is 1. The first-order chi connectivity index (χ1) is 5.83. The Morgan fingerprint density at radius 2 is 1.25 bits per heavy atom. The fourth-order valence-electron chi connectivity index (χ4n) is 0.112. The number of nitrogens with one attached hydrogen (secondary N) is 1. The molecule has 2 N–H and O–H groups in total. The summed E-state index contributed by atoms with van der Waals surface area (Å²) >= 11 is 0. The van der Waals surface area contributed by atoms with E-state index in [9.17, 15) is 0 Å². The van der Waals surface area contributed by atoms with E-state index in [4.69, 9.17) is 5.11 Å². The van der Waals surface area contributed by atoms with Crippen LogP contribution in [0.4, 0.5) is 0 Å². The van der Waals surface area contributed by atoms with Crippen molar-refractivity contribution >= 4 is 0 Å². The van der Waals surface area contributed by atoms with Crippen LogP contribution in [0, 0.1) is 0 Å². The quantitative estimate of drug-likeness (QED) is 0.683. The van der Waals surface area contributed by atoms with Crippen molar-refractivity contribution < 1.29 is 5.11 Å². The summed E-state index contributed by atoms with van der Waals surface area (Å²) in [7, 11) is 1.80. The fourth-order valence-corrected chi connectivity index (χ4v) is 0.112. The Morgan fingerprint density at radius 1 is 1.00 bits per heavy atom. The Morgan fingerprint density at radius 3 is 1.25 bits per heavy atom. The summed E-state index contributed by atoms with van der Waals surface area (Å²) in [5.74, 6) is 0. The zero-order chi connectivity index (χ0) is 10.8. The highest BCUT2D eigenvalue weighted by Crippen LogP contribution is 1.56. The van der Waals surface area contributed by atoms with E-state index in [2.05, 4.69) is 19.2 Å². The summed E-state index contributed by atoms with van der Waals surface area (Å²) in [6.45, 7) is 13.2. The molecule has 0 aliphatic rings. The van der Waals surface area contributed by atoms with Crippen LogP contribution in [0.5, 0.6) is 0 Å². The molecular formula is C10H29NO. The topological polar surface area (TPSA) is 32.3 Å². The van der Waals surface area contributed by atoms with Crippen molar-refractivity contribution in [3.05, 3.63) is 0 Å². The second kappa shape index (κ2) is 69.9. The van der Waals surface area contributed by atoms with Gasteiger partial charge in [0.2, 0.25) is 0 Å². The maximum absolute atomic E-state index is 8.00. The van der Waals surface area contributed by atoms with Gasteiger partial charge in [-0.05, 0) is 7.05 Å². The zero-order valence-corrected chi connectivity index (χ0v) is 10.1. The predicted molar refractivity (Wildman–Crippen MR) is 59.7 cm³/mol. The number of hydrogen-bond acceptors (Lipinski definition) is 2. The van der Waals surface area contributed by atoms with Crippen molar-refractivity contribution in [2.24, 2.45) is 0 Å². The van der Waals surface area contributed by atoms with Crippen LogP contribution in [0.2, 0.25) is 0 Å². The molecule has 0 aromatic heterocycles. The maximum Gasteiger partial charge on any atom is 0.0555 e. The van der Waals surface area contributed by atoms with Gasteiger partial charge in [-0.1, -0.05) is 48.0 Å². The Balaban J connectivity index is -0.0000000397. The molecule has 0 radical (unpaired) electrons. The molecule has 0 rings (SSSR count). The number of aliphatic hydroxyl groups is 1. The van der Waals surface area contributed by atoms with E-state index in [1.54, 1.807) is 7.05 Å². The monoisotopic (exact) mass is 179 g/mol. The Kier molecular flexibility index (Phi) is 132. The number of hydrogen-bond donors (Lipinski definition) is 2. The first-order valence-corrected chi connectivity index (χ1v) is 5.08. The van der Waals surface area contributed by atoms with Gasteiger partial charge >= 0.3 is 0 Å². The molecule has 80 valence electrons. The molecule has 0 atom stereocenters. The molecule has 0 fully saturated rings. The maximum atomic E-state index is 8.00. The van der Waals surface area contributed by atoms with E-state index in [1.165, 1.54) is 6.42 Å². The van der Waals surface area contributed by atoms with Crippen LogP contribution in [-0.2, 0) is 0 Å². The third kappa shape index (κ3) is 214. The van der Waals surface area contributed by atoms with Crippen LogP contribution in [0.15, 0.2) is 0 Å². The van der Waals surface area contributed by atoms with Crippen LogP contribution in [0.25, 0.3) is 0 Å². The lowest BCUT2D eigenvalue weighted by atomic mass is 10.6. The van der Waals surface area contributed by atoms with E-state index in [0.29, 0.717) is 6.54 Å². The van der Waals surface area contributed by atoms with Gasteiger partial charge in [-0.15, -0.1) is 0 Å². The standard InChI is InChI=1S/C3H9NO.C3H8.2C2H6/c1-4-2-3-5;1-3-2;2*1-2/h4-5H,2-3H2,1H3;3H2,1-2H3;2*1-2H3. The third-order valence-electron chi connectivity index (χ3n) is 0.362. The molecule has 12 heavy (non-hydrogen) atoms. The predicted octanol–water partition coefficient (Wildman–Crippen LogP) is 2.67. The van der Waals surface area contributed by atoms with E-state index >= 15 is 0 Å². The molecule has 0 saturated carbocycles. The fraction of sp³-hybridized carbons (Fsp3) is 1.00. The molecule has 0 aliphatic carbocycles. The van der Waals surface area contributed by atoms with Crippen molar-refractivity contribution in [1.29, 1.82) is 0 Å². The molecule has 2 nitrogen and oxygen atoms in total. The van der Waals surface area contributed by atoms with E-state index in [0.717, 1.165) is 0 Å². The Labute approximate surface area is 79.4 Å². The second-order valence-corrected chi connectivity index (χ2v) is 1.53. The first kappa shape index (κ1) is 22.7. The number of rotatable bonds is 2. The average Bonchev–Trinajstić information content (AvgIpc) is 2.14. The molecule has 0 spiro atoms. The highest BCUT2D eigenvalue weighted by atomic mass is 16.3. The van der Waals surface area contributed by atoms with Crippen molar-refractivity contribution in [2.45, 2.75) is 48.0 Å². The third-order valence-corrected chi connectivity index (χ3v) is 0.362. The highest BCUT2D eigenvalue weighted by molar-refractivity contribution is 4.27. The minimum Gasteiger partial charge on any atom is -0.395 e. The van der Waals surface area contributed by atoms with Gasteiger partial charge in [0.25, 0.3) is 0 Å². The van der Waals surface area contributed by atoms with Crippen molar-refractivity contribution in [3.63, 3.8) is 0 Å². The smallest absolute Gasteiger partial charge is 0.0555 e. The number of likely N-dealkylation sites (N-methyl/N-ethyl adjacent to an activating group) is 1. The molecule has 2 heteroatoms. The van der Waals surface area contributed by atoms with Gasteiger partial charge in [-0.2, -0.15) is 0 Å². The van der Waals surface area contributed by atoms with E-state index in [-0.39, 0.29) is 6.61 Å².